The van der Waals surface area contributed by atoms with Gasteiger partial charge in [0.1, 0.15) is 10.6 Å². The summed E-state index contributed by atoms with van der Waals surface area (Å²) in [4.78, 5) is 15.0. The van der Waals surface area contributed by atoms with Crippen molar-refractivity contribution < 1.29 is 31.8 Å². The maximum Gasteiger partial charge on any atom is 0.341 e. The normalized spacial score (nSPS) is 15.9. The molecular formula is C25H24F2N2O5S. The van der Waals surface area contributed by atoms with Gasteiger partial charge in [-0.05, 0) is 54.7 Å². The van der Waals surface area contributed by atoms with Crippen molar-refractivity contribution >= 4 is 16.0 Å². The number of fused-ring (bicyclic) bond motifs is 1. The summed E-state index contributed by atoms with van der Waals surface area (Å²) >= 11 is 0. The highest BCUT2D eigenvalue weighted by atomic mass is 32.2. The molecule has 0 radical (unpaired) electrons. The molecule has 3 aromatic rings. The van der Waals surface area contributed by atoms with Crippen molar-refractivity contribution in [1.82, 2.24) is 9.71 Å². The number of pyridine rings is 1. The first-order chi connectivity index (χ1) is 16.5. The van der Waals surface area contributed by atoms with Gasteiger partial charge in [0.25, 0.3) is 5.92 Å². The van der Waals surface area contributed by atoms with Gasteiger partial charge < -0.3 is 9.84 Å². The standard InChI is InChI=1S/C25H24F2N2O5S/c1-25(26,27)17-6-2-5-16(13-17)21-12-11-18(14-28-21)35(32,33)29-22-9-3-8-20-19(22)7-4-10-23(20)34-15-24(30)31/h2,4-7,10-14,22,29H,3,8-9,15H2,1H3,(H,30,31). The van der Waals surface area contributed by atoms with Crippen LogP contribution < -0.4 is 9.46 Å². The summed E-state index contributed by atoms with van der Waals surface area (Å²) in [5.41, 5.74) is 2.20. The molecule has 7 nitrogen and oxygen atoms in total. The number of halogens is 2. The van der Waals surface area contributed by atoms with Crippen LogP contribution in [0.3, 0.4) is 0 Å². The van der Waals surface area contributed by atoms with Crippen LogP contribution in [-0.4, -0.2) is 31.1 Å². The molecule has 0 amide bonds. The Kier molecular flexibility index (Phi) is 6.86. The van der Waals surface area contributed by atoms with Crippen LogP contribution in [0.1, 0.15) is 42.5 Å². The van der Waals surface area contributed by atoms with Crippen LogP contribution in [0.5, 0.6) is 5.75 Å². The van der Waals surface area contributed by atoms with Gasteiger partial charge in [-0.3, -0.25) is 4.98 Å². The fraction of sp³-hybridized carbons (Fsp3) is 0.280. The minimum atomic E-state index is -3.94. The van der Waals surface area contributed by atoms with Gasteiger partial charge in [0, 0.05) is 30.3 Å². The van der Waals surface area contributed by atoms with E-state index in [0.29, 0.717) is 36.3 Å². The number of carbonyl (C=O) groups is 1. The predicted octanol–water partition coefficient (Wildman–Crippen LogP) is 4.68. The molecule has 0 spiro atoms. The molecule has 1 heterocycles. The van der Waals surface area contributed by atoms with E-state index < -0.39 is 34.6 Å². The number of sulfonamides is 1. The third-order valence-electron chi connectivity index (χ3n) is 5.82. The summed E-state index contributed by atoms with van der Waals surface area (Å²) in [7, 11) is -3.94. The number of hydrogen-bond acceptors (Lipinski definition) is 5. The smallest absolute Gasteiger partial charge is 0.341 e. The zero-order valence-corrected chi connectivity index (χ0v) is 19.7. The van der Waals surface area contributed by atoms with Crippen LogP contribution in [0, 0.1) is 0 Å². The molecule has 1 aliphatic rings. The second-order valence-corrected chi connectivity index (χ2v) is 10.1. The van der Waals surface area contributed by atoms with Crippen LogP contribution in [0.15, 0.2) is 65.7 Å². The van der Waals surface area contributed by atoms with Crippen molar-refractivity contribution in [3.63, 3.8) is 0 Å². The highest BCUT2D eigenvalue weighted by molar-refractivity contribution is 7.89. The third kappa shape index (κ3) is 5.66. The number of ether oxygens (including phenoxy) is 1. The first-order valence-electron chi connectivity index (χ1n) is 11.0. The number of hydrogen-bond donors (Lipinski definition) is 2. The lowest BCUT2D eigenvalue weighted by Crippen LogP contribution is -2.31. The minimum absolute atomic E-state index is 0.0522. The van der Waals surface area contributed by atoms with Gasteiger partial charge in [0.05, 0.1) is 5.69 Å². The van der Waals surface area contributed by atoms with E-state index in [9.17, 15) is 22.0 Å². The van der Waals surface area contributed by atoms with Gasteiger partial charge in [-0.25, -0.2) is 26.7 Å². The number of aliphatic carboxylic acids is 1. The van der Waals surface area contributed by atoms with Crippen molar-refractivity contribution in [3.8, 4) is 17.0 Å². The second-order valence-electron chi connectivity index (χ2n) is 8.42. The molecule has 0 saturated heterocycles. The average Bonchev–Trinajstić information content (AvgIpc) is 2.82. The first kappa shape index (κ1) is 24.7. The summed E-state index contributed by atoms with van der Waals surface area (Å²) in [6.45, 7) is 0.329. The van der Waals surface area contributed by atoms with E-state index in [1.807, 2.05) is 0 Å². The molecule has 10 heteroatoms. The molecule has 1 atom stereocenters. The molecule has 184 valence electrons. The predicted molar refractivity (Wildman–Crippen MR) is 125 cm³/mol. The zero-order valence-electron chi connectivity index (χ0n) is 18.9. The minimum Gasteiger partial charge on any atom is -0.482 e. The fourth-order valence-electron chi connectivity index (χ4n) is 4.13. The van der Waals surface area contributed by atoms with Crippen LogP contribution in [-0.2, 0) is 27.2 Å². The molecule has 0 aliphatic heterocycles. The lowest BCUT2D eigenvalue weighted by molar-refractivity contribution is -0.139. The van der Waals surface area contributed by atoms with E-state index in [4.69, 9.17) is 9.84 Å². The average molecular weight is 503 g/mol. The summed E-state index contributed by atoms with van der Waals surface area (Å²) in [5, 5.41) is 8.90. The summed E-state index contributed by atoms with van der Waals surface area (Å²) in [6, 6.07) is 13.3. The van der Waals surface area contributed by atoms with E-state index >= 15 is 0 Å². The maximum atomic E-state index is 13.7. The van der Waals surface area contributed by atoms with Crippen molar-refractivity contribution in [2.75, 3.05) is 6.61 Å². The van der Waals surface area contributed by atoms with Gasteiger partial charge in [0.15, 0.2) is 6.61 Å². The Morgan fingerprint density at radius 2 is 1.97 bits per heavy atom. The third-order valence-corrected chi connectivity index (χ3v) is 7.28. The lowest BCUT2D eigenvalue weighted by atomic mass is 9.87. The maximum absolute atomic E-state index is 13.7. The summed E-state index contributed by atoms with van der Waals surface area (Å²) < 4.78 is 61.6. The van der Waals surface area contributed by atoms with Crippen LogP contribution >= 0.6 is 0 Å². The quantitative estimate of drug-likeness (QED) is 0.463. The van der Waals surface area contributed by atoms with Crippen molar-refractivity contribution in [3.05, 3.63) is 77.5 Å². The molecule has 2 aromatic carbocycles. The van der Waals surface area contributed by atoms with Crippen molar-refractivity contribution in [2.45, 2.75) is 43.0 Å². The molecule has 0 saturated carbocycles. The molecule has 2 N–H and O–H groups in total. The van der Waals surface area contributed by atoms with Crippen LogP contribution in [0.2, 0.25) is 0 Å². The number of carboxylic acids is 1. The number of benzene rings is 2. The summed E-state index contributed by atoms with van der Waals surface area (Å²) in [6.07, 6.45) is 3.11. The van der Waals surface area contributed by atoms with Gasteiger partial charge >= 0.3 is 5.97 Å². The number of nitrogens with zero attached hydrogens (tertiary/aromatic N) is 1. The Labute approximate surface area is 201 Å². The number of aromatic nitrogens is 1. The molecule has 4 rings (SSSR count). The molecule has 0 fully saturated rings. The summed E-state index contributed by atoms with van der Waals surface area (Å²) in [5.74, 6) is -3.67. The van der Waals surface area contributed by atoms with Gasteiger partial charge in [-0.1, -0.05) is 30.3 Å². The van der Waals surface area contributed by atoms with E-state index in [1.54, 1.807) is 24.3 Å². The number of alkyl halides is 2. The highest BCUT2D eigenvalue weighted by Gasteiger charge is 2.28. The number of nitrogens with one attached hydrogen (secondary N) is 1. The number of rotatable bonds is 8. The Balaban J connectivity index is 1.55. The SMILES string of the molecule is CC(F)(F)c1cccc(-c2ccc(S(=O)(=O)NC3CCCc4c(OCC(=O)O)cccc43)cn2)c1. The zero-order chi connectivity index (χ0) is 25.2. The second kappa shape index (κ2) is 9.71. The molecule has 35 heavy (non-hydrogen) atoms. The molecule has 0 bridgehead atoms. The Morgan fingerprint density at radius 1 is 1.20 bits per heavy atom. The van der Waals surface area contributed by atoms with E-state index in [2.05, 4.69) is 9.71 Å². The Hall–Kier alpha value is -3.37. The molecule has 1 unspecified atom stereocenters. The highest BCUT2D eigenvalue weighted by Crippen LogP contribution is 2.36. The van der Waals surface area contributed by atoms with Gasteiger partial charge in [0.2, 0.25) is 10.0 Å². The van der Waals surface area contributed by atoms with Crippen molar-refractivity contribution in [1.29, 1.82) is 0 Å². The van der Waals surface area contributed by atoms with Crippen molar-refractivity contribution in [2.24, 2.45) is 0 Å². The lowest BCUT2D eigenvalue weighted by Gasteiger charge is -2.27. The van der Waals surface area contributed by atoms with E-state index in [1.165, 1.54) is 36.5 Å². The molecular weight excluding hydrogens is 478 g/mol. The topological polar surface area (TPSA) is 106 Å². The van der Waals surface area contributed by atoms with Crippen LogP contribution in [0.25, 0.3) is 11.3 Å². The Bertz CT molecular complexity index is 1340. The van der Waals surface area contributed by atoms with Gasteiger partial charge in [-0.15, -0.1) is 0 Å². The van der Waals surface area contributed by atoms with Crippen LogP contribution in [0.4, 0.5) is 8.78 Å². The monoisotopic (exact) mass is 502 g/mol. The number of carboxylic acid groups (broad SMARTS) is 1. The fourth-order valence-corrected chi connectivity index (χ4v) is 5.32. The van der Waals surface area contributed by atoms with E-state index in [0.717, 1.165) is 18.1 Å². The first-order valence-corrected chi connectivity index (χ1v) is 12.5. The Morgan fingerprint density at radius 3 is 2.66 bits per heavy atom. The van der Waals surface area contributed by atoms with E-state index in [-0.39, 0.29) is 10.5 Å². The molecule has 1 aliphatic carbocycles. The molecule has 1 aromatic heterocycles. The largest absolute Gasteiger partial charge is 0.482 e. The van der Waals surface area contributed by atoms with Gasteiger partial charge in [-0.2, -0.15) is 0 Å².